The van der Waals surface area contributed by atoms with Gasteiger partial charge in [0.1, 0.15) is 6.54 Å². The van der Waals surface area contributed by atoms with Gasteiger partial charge in [-0.3, -0.25) is 14.5 Å². The fraction of sp³-hybridized carbons (Fsp3) is 0.292. The second-order valence-corrected chi connectivity index (χ2v) is 7.98. The van der Waals surface area contributed by atoms with E-state index in [4.69, 9.17) is 0 Å². The van der Waals surface area contributed by atoms with E-state index in [2.05, 4.69) is 64.2 Å². The molecule has 0 saturated carbocycles. The molecule has 3 rings (SSSR count). The molecule has 0 bridgehead atoms. The third kappa shape index (κ3) is 7.67. The molecule has 0 unspecified atom stereocenters. The van der Waals surface area contributed by atoms with Gasteiger partial charge in [0.05, 0.1) is 0 Å². The molecule has 8 heteroatoms. The van der Waals surface area contributed by atoms with Crippen molar-refractivity contribution in [1.29, 1.82) is 0 Å². The Labute approximate surface area is 206 Å². The first-order valence-corrected chi connectivity index (χ1v) is 10.3. The van der Waals surface area contributed by atoms with E-state index in [1.807, 2.05) is 30.3 Å². The van der Waals surface area contributed by atoms with Crippen LogP contribution in [0.4, 0.5) is 5.69 Å². The number of guanidine groups is 1. The molecule has 1 aromatic heterocycles. The highest BCUT2D eigenvalue weighted by Crippen LogP contribution is 2.21. The molecule has 7 nitrogen and oxygen atoms in total. The molecule has 2 aromatic carbocycles. The predicted octanol–water partition coefficient (Wildman–Crippen LogP) is 3.78. The van der Waals surface area contributed by atoms with Gasteiger partial charge in [-0.2, -0.15) is 5.10 Å². The number of halogens is 1. The Balaban J connectivity index is 0.00000363. The summed E-state index contributed by atoms with van der Waals surface area (Å²) in [5.41, 5.74) is 3.04. The van der Waals surface area contributed by atoms with E-state index in [-0.39, 0.29) is 41.8 Å². The lowest BCUT2D eigenvalue weighted by Gasteiger charge is -2.26. The Morgan fingerprint density at radius 3 is 2.53 bits per heavy atom. The van der Waals surface area contributed by atoms with Gasteiger partial charge in [0.2, 0.25) is 5.91 Å². The monoisotopic (exact) mass is 546 g/mol. The maximum Gasteiger partial charge on any atom is 0.246 e. The van der Waals surface area contributed by atoms with E-state index in [0.29, 0.717) is 6.54 Å². The van der Waals surface area contributed by atoms with Gasteiger partial charge in [-0.25, -0.2) is 0 Å². The van der Waals surface area contributed by atoms with Crippen molar-refractivity contribution in [2.24, 2.45) is 4.99 Å². The number of rotatable bonds is 8. The number of aromatic nitrogens is 2. The van der Waals surface area contributed by atoms with Gasteiger partial charge < -0.3 is 16.0 Å². The summed E-state index contributed by atoms with van der Waals surface area (Å²) < 4.78 is 1.59. The van der Waals surface area contributed by atoms with E-state index >= 15 is 0 Å². The van der Waals surface area contributed by atoms with Crippen LogP contribution in [0.1, 0.15) is 25.0 Å². The lowest BCUT2D eigenvalue weighted by atomic mass is 9.85. The number of nitrogens with one attached hydrogen (secondary N) is 3. The summed E-state index contributed by atoms with van der Waals surface area (Å²) in [6.07, 6.45) is 3.42. The molecule has 0 aliphatic rings. The topological polar surface area (TPSA) is 83.3 Å². The van der Waals surface area contributed by atoms with E-state index in [1.54, 1.807) is 30.2 Å². The summed E-state index contributed by atoms with van der Waals surface area (Å²) in [5, 5.41) is 13.7. The van der Waals surface area contributed by atoms with Crippen LogP contribution >= 0.6 is 24.0 Å². The van der Waals surface area contributed by atoms with E-state index in [1.165, 1.54) is 5.56 Å². The zero-order valence-electron chi connectivity index (χ0n) is 18.7. The fourth-order valence-corrected chi connectivity index (χ4v) is 3.20. The molecule has 0 fully saturated rings. The average Bonchev–Trinajstić information content (AvgIpc) is 3.27. The summed E-state index contributed by atoms with van der Waals surface area (Å²) >= 11 is 0. The van der Waals surface area contributed by atoms with Crippen molar-refractivity contribution in [2.45, 2.75) is 32.4 Å². The quantitative estimate of drug-likeness (QED) is 0.228. The maximum absolute atomic E-state index is 12.2. The first kappa shape index (κ1) is 25.4. The van der Waals surface area contributed by atoms with Gasteiger partial charge in [0, 0.05) is 43.6 Å². The second-order valence-electron chi connectivity index (χ2n) is 7.98. The third-order valence-electron chi connectivity index (χ3n) is 5.01. The largest absolute Gasteiger partial charge is 0.356 e. The first-order chi connectivity index (χ1) is 15.0. The van der Waals surface area contributed by atoms with Gasteiger partial charge in [0.25, 0.3) is 0 Å². The first-order valence-electron chi connectivity index (χ1n) is 10.3. The number of aliphatic imine (C=N–C) groups is 1. The van der Waals surface area contributed by atoms with Crippen molar-refractivity contribution in [3.8, 4) is 0 Å². The number of hydrogen-bond donors (Lipinski definition) is 3. The van der Waals surface area contributed by atoms with Crippen molar-refractivity contribution in [2.75, 3.05) is 18.9 Å². The summed E-state index contributed by atoms with van der Waals surface area (Å²) in [6, 6.07) is 20.0. The third-order valence-corrected chi connectivity index (χ3v) is 5.01. The molecular weight excluding hydrogens is 515 g/mol. The van der Waals surface area contributed by atoms with E-state index in [9.17, 15) is 4.79 Å². The van der Waals surface area contributed by atoms with Gasteiger partial charge in [-0.05, 0) is 29.3 Å². The minimum absolute atomic E-state index is 0. The van der Waals surface area contributed by atoms with Crippen LogP contribution in [0.2, 0.25) is 0 Å². The standard InChI is InChI=1S/C24H30N6O.HI/c1-24(2,20-10-5-4-6-11-20)18-27-23(25-3)26-16-19-9-7-12-21(15-19)29-22(31)17-30-14-8-13-28-30;/h4-15H,16-18H2,1-3H3,(H,29,31)(H2,25,26,27);1H. The lowest BCUT2D eigenvalue weighted by molar-refractivity contribution is -0.116. The Morgan fingerprint density at radius 2 is 1.84 bits per heavy atom. The summed E-state index contributed by atoms with van der Waals surface area (Å²) in [5.74, 6) is 0.617. The van der Waals surface area contributed by atoms with Crippen molar-refractivity contribution in [1.82, 2.24) is 20.4 Å². The average molecular weight is 546 g/mol. The van der Waals surface area contributed by atoms with Crippen molar-refractivity contribution in [3.63, 3.8) is 0 Å². The maximum atomic E-state index is 12.2. The summed E-state index contributed by atoms with van der Waals surface area (Å²) in [4.78, 5) is 16.5. The molecule has 0 aliphatic heterocycles. The molecule has 0 spiro atoms. The number of nitrogens with zero attached hydrogens (tertiary/aromatic N) is 3. The van der Waals surface area contributed by atoms with Crippen molar-refractivity contribution in [3.05, 3.63) is 84.2 Å². The van der Waals surface area contributed by atoms with Gasteiger partial charge in [-0.1, -0.05) is 56.3 Å². The summed E-state index contributed by atoms with van der Waals surface area (Å²) in [7, 11) is 1.76. The molecule has 0 radical (unpaired) electrons. The molecule has 32 heavy (non-hydrogen) atoms. The fourth-order valence-electron chi connectivity index (χ4n) is 3.20. The minimum Gasteiger partial charge on any atom is -0.356 e. The Bertz CT molecular complexity index is 1000. The van der Waals surface area contributed by atoms with E-state index < -0.39 is 0 Å². The van der Waals surface area contributed by atoms with Gasteiger partial charge >= 0.3 is 0 Å². The SMILES string of the molecule is CN=C(NCc1cccc(NC(=O)Cn2cccn2)c1)NCC(C)(C)c1ccccc1.I. The van der Waals surface area contributed by atoms with Crippen LogP contribution < -0.4 is 16.0 Å². The normalized spacial score (nSPS) is 11.4. The highest BCUT2D eigenvalue weighted by atomic mass is 127. The molecule has 1 amide bonds. The molecule has 3 N–H and O–H groups in total. The van der Waals surface area contributed by atoms with Crippen molar-refractivity contribution >= 4 is 41.5 Å². The molecule has 0 aliphatic carbocycles. The molecule has 170 valence electrons. The smallest absolute Gasteiger partial charge is 0.246 e. The number of carbonyl (C=O) groups excluding carboxylic acids is 1. The van der Waals surface area contributed by atoms with Crippen LogP contribution in [0.15, 0.2) is 78.0 Å². The number of anilines is 1. The molecule has 0 atom stereocenters. The number of amides is 1. The minimum atomic E-state index is -0.116. The van der Waals surface area contributed by atoms with Gasteiger partial charge in [-0.15, -0.1) is 24.0 Å². The molecular formula is C24H31IN6O. The van der Waals surface area contributed by atoms with Crippen LogP contribution in [-0.2, 0) is 23.3 Å². The molecule has 1 heterocycles. The van der Waals surface area contributed by atoms with Crippen LogP contribution in [-0.4, -0.2) is 35.2 Å². The van der Waals surface area contributed by atoms with Gasteiger partial charge in [0.15, 0.2) is 5.96 Å². The zero-order chi connectivity index (χ0) is 22.1. The Hall–Kier alpha value is -2.88. The Kier molecular flexibility index (Phi) is 9.70. The van der Waals surface area contributed by atoms with Crippen LogP contribution in [0.3, 0.4) is 0 Å². The lowest BCUT2D eigenvalue weighted by Crippen LogP contribution is -2.43. The van der Waals surface area contributed by atoms with Crippen LogP contribution in [0, 0.1) is 0 Å². The molecule has 3 aromatic rings. The summed E-state index contributed by atoms with van der Waals surface area (Å²) in [6.45, 7) is 5.94. The van der Waals surface area contributed by atoms with E-state index in [0.717, 1.165) is 23.8 Å². The van der Waals surface area contributed by atoms with Crippen LogP contribution in [0.5, 0.6) is 0 Å². The zero-order valence-corrected chi connectivity index (χ0v) is 21.0. The Morgan fingerprint density at radius 1 is 1.06 bits per heavy atom. The predicted molar refractivity (Wildman–Crippen MR) is 140 cm³/mol. The van der Waals surface area contributed by atoms with Crippen molar-refractivity contribution < 1.29 is 4.79 Å². The second kappa shape index (κ2) is 12.2. The highest BCUT2D eigenvalue weighted by Gasteiger charge is 2.20. The van der Waals surface area contributed by atoms with Crippen LogP contribution in [0.25, 0.3) is 0 Å². The molecule has 0 saturated heterocycles. The number of benzene rings is 2. The number of carbonyl (C=O) groups is 1. The highest BCUT2D eigenvalue weighted by molar-refractivity contribution is 14.0. The number of hydrogen-bond acceptors (Lipinski definition) is 3.